The van der Waals surface area contributed by atoms with Crippen LogP contribution in [0.25, 0.3) is 0 Å². The number of urea groups is 1. The fourth-order valence-corrected chi connectivity index (χ4v) is 2.67. The maximum atomic E-state index is 14.0. The highest BCUT2D eigenvalue weighted by molar-refractivity contribution is 5.96. The van der Waals surface area contributed by atoms with Gasteiger partial charge in [-0.05, 0) is 26.0 Å². The van der Waals surface area contributed by atoms with E-state index in [0.29, 0.717) is 12.1 Å². The van der Waals surface area contributed by atoms with Crippen molar-refractivity contribution in [2.75, 3.05) is 6.54 Å². The van der Waals surface area contributed by atoms with Crippen LogP contribution in [-0.4, -0.2) is 18.5 Å². The summed E-state index contributed by atoms with van der Waals surface area (Å²) in [5.41, 5.74) is 0.946. The number of quaternary nitrogens is 1. The molecule has 5 nitrogen and oxygen atoms in total. The number of carbonyl (C=O) groups is 2. The fraction of sp³-hybridized carbons (Fsp3) is 0.263. The number of hydrogen-bond donors (Lipinski definition) is 3. The normalized spacial score (nSPS) is 12.9. The molecule has 7 heteroatoms. The lowest BCUT2D eigenvalue weighted by Crippen LogP contribution is -2.88. The quantitative estimate of drug-likeness (QED) is 0.737. The van der Waals surface area contributed by atoms with Crippen LogP contribution in [0, 0.1) is 11.6 Å². The standard InChI is InChI=1S/C19H21F2N3O2/c1-3-22-19(26)24-18(25)17(13-7-5-4-6-8-13)23-12(2)15-10-9-14(20)11-16(15)21/h4-12,17,23H,3H2,1-2H3,(H2,22,24,25,26)/p+1/t12-,17-/m0/s1. The van der Waals surface area contributed by atoms with Gasteiger partial charge in [0.1, 0.15) is 17.7 Å². The molecule has 0 radical (unpaired) electrons. The summed E-state index contributed by atoms with van der Waals surface area (Å²) < 4.78 is 27.2. The Morgan fingerprint density at radius 3 is 2.42 bits per heavy atom. The van der Waals surface area contributed by atoms with Crippen molar-refractivity contribution < 1.29 is 23.7 Å². The van der Waals surface area contributed by atoms with Crippen molar-refractivity contribution in [2.45, 2.75) is 25.9 Å². The zero-order valence-corrected chi connectivity index (χ0v) is 14.6. The lowest BCUT2D eigenvalue weighted by molar-refractivity contribution is -0.719. The van der Waals surface area contributed by atoms with Crippen molar-refractivity contribution in [1.29, 1.82) is 0 Å². The van der Waals surface area contributed by atoms with Crippen LogP contribution < -0.4 is 16.0 Å². The molecule has 2 rings (SSSR count). The van der Waals surface area contributed by atoms with Crippen LogP contribution in [0.2, 0.25) is 0 Å². The Hall–Kier alpha value is -2.80. The third kappa shape index (κ3) is 5.10. The summed E-state index contributed by atoms with van der Waals surface area (Å²) in [7, 11) is 0. The molecule has 0 aliphatic carbocycles. The van der Waals surface area contributed by atoms with E-state index < -0.39 is 35.7 Å². The van der Waals surface area contributed by atoms with Crippen LogP contribution in [0.15, 0.2) is 48.5 Å². The van der Waals surface area contributed by atoms with E-state index in [-0.39, 0.29) is 5.56 Å². The van der Waals surface area contributed by atoms with Crippen LogP contribution in [0.4, 0.5) is 13.6 Å². The number of benzene rings is 2. The molecular weight excluding hydrogens is 340 g/mol. The van der Waals surface area contributed by atoms with Crippen LogP contribution in [0.5, 0.6) is 0 Å². The molecule has 138 valence electrons. The van der Waals surface area contributed by atoms with Gasteiger partial charge in [-0.15, -0.1) is 0 Å². The maximum absolute atomic E-state index is 14.0. The lowest BCUT2D eigenvalue weighted by atomic mass is 10.0. The summed E-state index contributed by atoms with van der Waals surface area (Å²) in [6.07, 6.45) is 0. The molecule has 0 aliphatic rings. The zero-order valence-electron chi connectivity index (χ0n) is 14.6. The van der Waals surface area contributed by atoms with Crippen molar-refractivity contribution in [2.24, 2.45) is 0 Å². The number of rotatable bonds is 6. The largest absolute Gasteiger partial charge is 0.338 e. The second kappa shape index (κ2) is 9.05. The van der Waals surface area contributed by atoms with E-state index in [1.807, 2.05) is 6.07 Å². The first-order valence-electron chi connectivity index (χ1n) is 8.36. The first kappa shape index (κ1) is 19.5. The lowest BCUT2D eigenvalue weighted by Gasteiger charge is -2.20. The van der Waals surface area contributed by atoms with Crippen LogP contribution in [0.3, 0.4) is 0 Å². The predicted octanol–water partition coefficient (Wildman–Crippen LogP) is 2.18. The molecule has 3 amide bonds. The van der Waals surface area contributed by atoms with Gasteiger partial charge in [0.15, 0.2) is 6.04 Å². The second-order valence-corrected chi connectivity index (χ2v) is 5.88. The van der Waals surface area contributed by atoms with Crippen molar-refractivity contribution in [3.8, 4) is 0 Å². The highest BCUT2D eigenvalue weighted by atomic mass is 19.1. The Balaban J connectivity index is 2.23. The average Bonchev–Trinajstić information content (AvgIpc) is 2.60. The van der Waals surface area contributed by atoms with Crippen molar-refractivity contribution in [3.05, 3.63) is 71.3 Å². The average molecular weight is 362 g/mol. The predicted molar refractivity (Wildman–Crippen MR) is 93.1 cm³/mol. The molecule has 0 spiro atoms. The van der Waals surface area contributed by atoms with Crippen molar-refractivity contribution in [3.63, 3.8) is 0 Å². The summed E-state index contributed by atoms with van der Waals surface area (Å²) >= 11 is 0. The van der Waals surface area contributed by atoms with Crippen LogP contribution >= 0.6 is 0 Å². The van der Waals surface area contributed by atoms with Crippen molar-refractivity contribution in [1.82, 2.24) is 10.6 Å². The van der Waals surface area contributed by atoms with E-state index in [1.54, 1.807) is 43.4 Å². The molecule has 0 bridgehead atoms. The maximum Gasteiger partial charge on any atom is 0.321 e. The van der Waals surface area contributed by atoms with E-state index in [9.17, 15) is 18.4 Å². The van der Waals surface area contributed by atoms with Crippen LogP contribution in [-0.2, 0) is 4.79 Å². The third-order valence-corrected chi connectivity index (χ3v) is 3.95. The summed E-state index contributed by atoms with van der Waals surface area (Å²) in [4.78, 5) is 24.3. The van der Waals surface area contributed by atoms with Crippen LogP contribution in [0.1, 0.15) is 37.1 Å². The topological polar surface area (TPSA) is 74.8 Å². The highest BCUT2D eigenvalue weighted by Gasteiger charge is 2.29. The minimum Gasteiger partial charge on any atom is -0.338 e. The molecule has 0 fully saturated rings. The van der Waals surface area contributed by atoms with Gasteiger partial charge in [-0.1, -0.05) is 30.3 Å². The first-order valence-corrected chi connectivity index (χ1v) is 8.36. The minimum absolute atomic E-state index is 0.276. The molecule has 0 saturated heterocycles. The Kier molecular flexibility index (Phi) is 6.80. The fourth-order valence-electron chi connectivity index (χ4n) is 2.67. The molecule has 2 atom stereocenters. The van der Waals surface area contributed by atoms with Crippen molar-refractivity contribution >= 4 is 11.9 Å². The monoisotopic (exact) mass is 362 g/mol. The highest BCUT2D eigenvalue weighted by Crippen LogP contribution is 2.17. The number of imide groups is 1. The Labute approximate surface area is 150 Å². The number of nitrogens with one attached hydrogen (secondary N) is 2. The molecule has 4 N–H and O–H groups in total. The molecule has 2 aromatic rings. The number of amides is 3. The van der Waals surface area contributed by atoms with Gasteiger partial charge in [0.05, 0.1) is 0 Å². The van der Waals surface area contributed by atoms with E-state index >= 15 is 0 Å². The molecule has 0 unspecified atom stereocenters. The first-order chi connectivity index (χ1) is 12.4. The van der Waals surface area contributed by atoms with E-state index in [4.69, 9.17) is 0 Å². The van der Waals surface area contributed by atoms with Gasteiger partial charge in [-0.25, -0.2) is 13.6 Å². The van der Waals surface area contributed by atoms with Gasteiger partial charge >= 0.3 is 6.03 Å². The zero-order chi connectivity index (χ0) is 19.1. The molecular formula is C19H22F2N3O2+. The number of hydrogen-bond acceptors (Lipinski definition) is 2. The summed E-state index contributed by atoms with van der Waals surface area (Å²) in [6, 6.07) is 10.4. The molecule has 2 aromatic carbocycles. The molecule has 26 heavy (non-hydrogen) atoms. The number of nitrogens with two attached hydrogens (primary N) is 1. The van der Waals surface area contributed by atoms with Gasteiger partial charge in [-0.2, -0.15) is 0 Å². The number of halogens is 2. The Morgan fingerprint density at radius 1 is 1.12 bits per heavy atom. The Morgan fingerprint density at radius 2 is 1.81 bits per heavy atom. The van der Waals surface area contributed by atoms with E-state index in [0.717, 1.165) is 6.07 Å². The molecule has 0 aromatic heterocycles. The smallest absolute Gasteiger partial charge is 0.321 e. The Bertz CT molecular complexity index is 769. The van der Waals surface area contributed by atoms with Gasteiger partial charge in [-0.3, -0.25) is 10.1 Å². The molecule has 0 saturated carbocycles. The minimum atomic E-state index is -0.766. The van der Waals surface area contributed by atoms with E-state index in [2.05, 4.69) is 10.6 Å². The van der Waals surface area contributed by atoms with Gasteiger partial charge < -0.3 is 10.6 Å². The van der Waals surface area contributed by atoms with Gasteiger partial charge in [0.25, 0.3) is 5.91 Å². The summed E-state index contributed by atoms with van der Waals surface area (Å²) in [5, 5.41) is 6.42. The molecule has 0 aliphatic heterocycles. The summed E-state index contributed by atoms with van der Waals surface area (Å²) in [6.45, 7) is 3.84. The molecule has 0 heterocycles. The van der Waals surface area contributed by atoms with E-state index in [1.165, 1.54) is 12.1 Å². The second-order valence-electron chi connectivity index (χ2n) is 5.88. The number of carbonyl (C=O) groups excluding carboxylic acids is 2. The van der Waals surface area contributed by atoms with Gasteiger partial charge in [0, 0.05) is 23.7 Å². The SMILES string of the molecule is CCNC(=O)NC(=O)[C@@H]([NH2+][C@@H](C)c1ccc(F)cc1F)c1ccccc1. The third-order valence-electron chi connectivity index (χ3n) is 3.95. The summed E-state index contributed by atoms with van der Waals surface area (Å²) in [5.74, 6) is -1.85. The van der Waals surface area contributed by atoms with Gasteiger partial charge in [0.2, 0.25) is 0 Å².